The Morgan fingerprint density at radius 3 is 2.26 bits per heavy atom. The van der Waals surface area contributed by atoms with Crippen molar-refractivity contribution in [2.45, 2.75) is 25.9 Å². The molecule has 0 saturated carbocycles. The van der Waals surface area contributed by atoms with Crippen molar-refractivity contribution < 1.29 is 14.6 Å². The molecule has 1 atom stereocenters. The molecule has 0 spiro atoms. The maximum Gasteiger partial charge on any atom is 0.344 e. The van der Waals surface area contributed by atoms with Crippen molar-refractivity contribution in [2.75, 3.05) is 0 Å². The van der Waals surface area contributed by atoms with Crippen LogP contribution in [0.3, 0.4) is 0 Å². The van der Waals surface area contributed by atoms with E-state index in [1.165, 1.54) is 4.68 Å². The molecule has 0 fully saturated rings. The first-order valence-corrected chi connectivity index (χ1v) is 8.76. The van der Waals surface area contributed by atoms with Crippen LogP contribution in [0.5, 0.6) is 5.75 Å². The van der Waals surface area contributed by atoms with Crippen molar-refractivity contribution in [2.24, 2.45) is 7.05 Å². The minimum Gasteiger partial charge on any atom is -0.479 e. The van der Waals surface area contributed by atoms with Gasteiger partial charge < -0.3 is 9.84 Å². The lowest BCUT2D eigenvalue weighted by atomic mass is 10.1. The van der Waals surface area contributed by atoms with Crippen molar-refractivity contribution in [3.8, 4) is 11.4 Å². The zero-order valence-corrected chi connectivity index (χ0v) is 15.3. The summed E-state index contributed by atoms with van der Waals surface area (Å²) < 4.78 is 8.83. The van der Waals surface area contributed by atoms with Crippen LogP contribution in [-0.2, 0) is 18.3 Å². The Hall–Kier alpha value is -3.28. The summed E-state index contributed by atoms with van der Waals surface area (Å²) in [4.78, 5) is 24.5. The van der Waals surface area contributed by atoms with E-state index in [0.717, 1.165) is 5.56 Å². The molecule has 27 heavy (non-hydrogen) atoms. The van der Waals surface area contributed by atoms with Gasteiger partial charge in [0.2, 0.25) is 5.75 Å². The first kappa shape index (κ1) is 18.5. The van der Waals surface area contributed by atoms with Gasteiger partial charge in [0, 0.05) is 7.05 Å². The fourth-order valence-corrected chi connectivity index (χ4v) is 3.00. The van der Waals surface area contributed by atoms with Gasteiger partial charge in [0.15, 0.2) is 6.10 Å². The maximum atomic E-state index is 12.9. The minimum absolute atomic E-state index is 0.0711. The summed E-state index contributed by atoms with van der Waals surface area (Å²) >= 11 is 0. The van der Waals surface area contributed by atoms with Gasteiger partial charge in [0.1, 0.15) is 0 Å². The quantitative estimate of drug-likeness (QED) is 0.698. The van der Waals surface area contributed by atoms with Crippen LogP contribution in [0, 0.1) is 6.92 Å². The number of nitrogens with zero attached hydrogens (tertiary/aromatic N) is 2. The van der Waals surface area contributed by atoms with Gasteiger partial charge in [-0.3, -0.25) is 9.48 Å². The fraction of sp³-hybridized carbons (Fsp3) is 0.238. The molecule has 0 amide bonds. The number of para-hydroxylation sites is 1. The van der Waals surface area contributed by atoms with Crippen molar-refractivity contribution >= 4 is 5.97 Å². The number of carbonyl (C=O) groups is 1. The molecule has 0 aliphatic rings. The van der Waals surface area contributed by atoms with Crippen LogP contribution >= 0.6 is 0 Å². The molecule has 140 valence electrons. The molecule has 3 aromatic rings. The van der Waals surface area contributed by atoms with Crippen molar-refractivity contribution in [1.82, 2.24) is 9.36 Å². The third-order valence-electron chi connectivity index (χ3n) is 4.57. The van der Waals surface area contributed by atoms with Crippen LogP contribution in [0.4, 0.5) is 0 Å². The molecule has 1 unspecified atom stereocenters. The lowest BCUT2D eigenvalue weighted by Gasteiger charge is -2.14. The number of hydrogen-bond donors (Lipinski definition) is 1. The lowest BCUT2D eigenvalue weighted by molar-refractivity contribution is -0.145. The van der Waals surface area contributed by atoms with E-state index >= 15 is 0 Å². The van der Waals surface area contributed by atoms with E-state index in [4.69, 9.17) is 4.74 Å². The normalized spacial score (nSPS) is 11.9. The monoisotopic (exact) mass is 366 g/mol. The largest absolute Gasteiger partial charge is 0.479 e. The van der Waals surface area contributed by atoms with Crippen molar-refractivity contribution in [1.29, 1.82) is 0 Å². The molecule has 1 heterocycles. The van der Waals surface area contributed by atoms with Crippen LogP contribution in [0.2, 0.25) is 0 Å². The van der Waals surface area contributed by atoms with Gasteiger partial charge in [-0.2, -0.15) is 0 Å². The topological polar surface area (TPSA) is 73.5 Å². The molecule has 6 heteroatoms. The molecule has 0 aliphatic heterocycles. The third-order valence-corrected chi connectivity index (χ3v) is 4.57. The van der Waals surface area contributed by atoms with Crippen LogP contribution < -0.4 is 10.3 Å². The summed E-state index contributed by atoms with van der Waals surface area (Å²) in [6.07, 6.45) is -0.266. The maximum absolute atomic E-state index is 12.9. The highest BCUT2D eigenvalue weighted by Crippen LogP contribution is 2.19. The molecule has 2 aromatic carbocycles. The fourth-order valence-electron chi connectivity index (χ4n) is 3.00. The number of aliphatic carboxylic acids is 1. The standard InChI is InChI=1S/C21H22N2O4/c1-15-19(20(24)23(22(15)2)17-11-7-4-8-12-17)27-18(21(25)26)14-13-16-9-5-3-6-10-16/h3-12,18H,13-14H2,1-2H3,(H,25,26). The van der Waals surface area contributed by atoms with Crippen LogP contribution in [0.25, 0.3) is 5.69 Å². The summed E-state index contributed by atoms with van der Waals surface area (Å²) in [5, 5.41) is 9.55. The second kappa shape index (κ2) is 7.95. The first-order valence-electron chi connectivity index (χ1n) is 8.76. The van der Waals surface area contributed by atoms with Crippen molar-refractivity contribution in [3.63, 3.8) is 0 Å². The number of benzene rings is 2. The van der Waals surface area contributed by atoms with E-state index in [9.17, 15) is 14.7 Å². The molecule has 3 rings (SSSR count). The number of aromatic nitrogens is 2. The van der Waals surface area contributed by atoms with E-state index in [0.29, 0.717) is 17.8 Å². The summed E-state index contributed by atoms with van der Waals surface area (Å²) in [5.74, 6) is -1.01. The Bertz CT molecular complexity index is 975. The second-order valence-corrected chi connectivity index (χ2v) is 6.36. The molecule has 0 aliphatic carbocycles. The molecule has 6 nitrogen and oxygen atoms in total. The second-order valence-electron chi connectivity index (χ2n) is 6.36. The highest BCUT2D eigenvalue weighted by Gasteiger charge is 2.25. The molecular weight excluding hydrogens is 344 g/mol. The van der Waals surface area contributed by atoms with Gasteiger partial charge in [0.25, 0.3) is 0 Å². The van der Waals surface area contributed by atoms with Crippen LogP contribution in [0.1, 0.15) is 17.7 Å². The number of carboxylic acid groups (broad SMARTS) is 1. The van der Waals surface area contributed by atoms with Crippen molar-refractivity contribution in [3.05, 3.63) is 82.3 Å². The van der Waals surface area contributed by atoms with Gasteiger partial charge in [-0.1, -0.05) is 48.5 Å². The highest BCUT2D eigenvalue weighted by molar-refractivity contribution is 5.72. The number of carboxylic acids is 1. The Morgan fingerprint density at radius 2 is 1.67 bits per heavy atom. The van der Waals surface area contributed by atoms with Gasteiger partial charge in [-0.15, -0.1) is 0 Å². The predicted octanol–water partition coefficient (Wildman–Crippen LogP) is 2.95. The van der Waals surface area contributed by atoms with Crippen LogP contribution in [0.15, 0.2) is 65.5 Å². The average Bonchev–Trinajstić information content (AvgIpc) is 2.89. The van der Waals surface area contributed by atoms with E-state index in [1.54, 1.807) is 18.7 Å². The summed E-state index contributed by atoms with van der Waals surface area (Å²) in [6, 6.07) is 18.8. The molecule has 1 N–H and O–H groups in total. The van der Waals surface area contributed by atoms with Gasteiger partial charge >= 0.3 is 11.5 Å². The summed E-state index contributed by atoms with van der Waals surface area (Å²) in [5.41, 5.74) is 1.93. The Labute approximate surface area is 157 Å². The number of hydrogen-bond acceptors (Lipinski definition) is 3. The SMILES string of the molecule is Cc1c(OC(CCc2ccccc2)C(=O)O)c(=O)n(-c2ccccc2)n1C. The Kier molecular flexibility index (Phi) is 5.45. The molecule has 0 radical (unpaired) electrons. The summed E-state index contributed by atoms with van der Waals surface area (Å²) in [7, 11) is 1.75. The Balaban J connectivity index is 1.87. The average molecular weight is 366 g/mol. The zero-order valence-electron chi connectivity index (χ0n) is 15.3. The number of aryl methyl sites for hydroxylation is 1. The highest BCUT2D eigenvalue weighted by atomic mass is 16.5. The predicted molar refractivity (Wildman–Crippen MR) is 103 cm³/mol. The van der Waals surface area contributed by atoms with Gasteiger partial charge in [0.05, 0.1) is 11.4 Å². The molecule has 0 saturated heterocycles. The first-order chi connectivity index (χ1) is 13.0. The van der Waals surface area contributed by atoms with E-state index in [2.05, 4.69) is 0 Å². The minimum atomic E-state index is -1.09. The van der Waals surface area contributed by atoms with E-state index in [1.807, 2.05) is 60.7 Å². The smallest absolute Gasteiger partial charge is 0.344 e. The molecular formula is C21H22N2O4. The third kappa shape index (κ3) is 3.95. The van der Waals surface area contributed by atoms with E-state index in [-0.39, 0.29) is 17.7 Å². The molecule has 0 bridgehead atoms. The Morgan fingerprint density at radius 1 is 1.07 bits per heavy atom. The number of ether oxygens (including phenoxy) is 1. The molecule has 1 aromatic heterocycles. The zero-order chi connectivity index (χ0) is 19.4. The number of rotatable bonds is 7. The van der Waals surface area contributed by atoms with Gasteiger partial charge in [-0.25, -0.2) is 9.48 Å². The van der Waals surface area contributed by atoms with Gasteiger partial charge in [-0.05, 0) is 37.5 Å². The summed E-state index contributed by atoms with van der Waals surface area (Å²) in [6.45, 7) is 1.74. The lowest BCUT2D eigenvalue weighted by Crippen LogP contribution is -2.30. The van der Waals surface area contributed by atoms with E-state index < -0.39 is 12.1 Å². The van der Waals surface area contributed by atoms with Crippen LogP contribution in [-0.4, -0.2) is 26.5 Å².